The summed E-state index contributed by atoms with van der Waals surface area (Å²) in [7, 11) is 0. The van der Waals surface area contributed by atoms with Crippen LogP contribution in [-0.4, -0.2) is 28.7 Å². The Hall–Kier alpha value is -0.860. The Morgan fingerprint density at radius 3 is 2.58 bits per heavy atom. The second-order valence-corrected chi connectivity index (χ2v) is 6.62. The minimum atomic E-state index is 0. The van der Waals surface area contributed by atoms with Gasteiger partial charge in [0.15, 0.2) is 11.8 Å². The van der Waals surface area contributed by atoms with Crippen LogP contribution in [0.3, 0.4) is 0 Å². The van der Waals surface area contributed by atoms with Gasteiger partial charge in [-0.1, -0.05) is 44.2 Å². The van der Waals surface area contributed by atoms with Crippen LogP contribution in [-0.2, 0) is 6.54 Å². The Morgan fingerprint density at radius 2 is 2.00 bits per heavy atom. The quantitative estimate of drug-likeness (QED) is 0.394. The first-order chi connectivity index (χ1) is 11.1. The van der Waals surface area contributed by atoms with Crippen LogP contribution in [0, 0.1) is 18.8 Å². The molecule has 1 heterocycles. The third kappa shape index (κ3) is 6.57. The van der Waals surface area contributed by atoms with Gasteiger partial charge >= 0.3 is 0 Å². The highest BCUT2D eigenvalue weighted by Gasteiger charge is 2.24. The van der Waals surface area contributed by atoms with Crippen molar-refractivity contribution in [1.29, 1.82) is 0 Å². The molecule has 24 heavy (non-hydrogen) atoms. The lowest BCUT2D eigenvalue weighted by molar-refractivity contribution is 0.229. The van der Waals surface area contributed by atoms with Gasteiger partial charge in [0, 0.05) is 19.5 Å². The topological polar surface area (TPSA) is 75.3 Å². The third-order valence-corrected chi connectivity index (χ3v) is 4.84. The molecule has 0 aliphatic heterocycles. The molecule has 0 aromatic carbocycles. The number of guanidine groups is 1. The lowest BCUT2D eigenvalue weighted by Crippen LogP contribution is -2.46. The number of aliphatic imine (C=N–C) groups is 1. The number of hydrogen-bond acceptors (Lipinski definition) is 4. The van der Waals surface area contributed by atoms with Crippen molar-refractivity contribution >= 4 is 29.9 Å². The van der Waals surface area contributed by atoms with Gasteiger partial charge in [-0.2, -0.15) is 4.98 Å². The van der Waals surface area contributed by atoms with Gasteiger partial charge in [-0.05, 0) is 25.7 Å². The average Bonchev–Trinajstić information content (AvgIpc) is 2.98. The molecule has 2 unspecified atom stereocenters. The molecule has 1 aliphatic carbocycles. The molecule has 138 valence electrons. The standard InChI is InChI=1S/C17H31N5O.HI/c1-5-18-17(19-11-16-21-14(4)23-22-16)20-13(3)12(2)15-9-7-6-8-10-15;/h12-13,15H,5-11H2,1-4H3,(H2,18,19,20);1H. The second kappa shape index (κ2) is 10.9. The summed E-state index contributed by atoms with van der Waals surface area (Å²) in [5.74, 6) is 3.49. The molecule has 7 heteroatoms. The van der Waals surface area contributed by atoms with Crippen LogP contribution in [0.25, 0.3) is 0 Å². The van der Waals surface area contributed by atoms with Crippen molar-refractivity contribution in [2.45, 2.75) is 72.4 Å². The summed E-state index contributed by atoms with van der Waals surface area (Å²) in [6.07, 6.45) is 6.89. The first-order valence-corrected chi connectivity index (χ1v) is 8.94. The molecule has 2 rings (SSSR count). The van der Waals surface area contributed by atoms with E-state index in [1.165, 1.54) is 32.1 Å². The predicted octanol–water partition coefficient (Wildman–Crippen LogP) is 3.66. The van der Waals surface area contributed by atoms with Crippen LogP contribution in [0.4, 0.5) is 0 Å². The fraction of sp³-hybridized carbons (Fsp3) is 0.824. The molecular formula is C17H32IN5O. The summed E-state index contributed by atoms with van der Waals surface area (Å²) in [6, 6.07) is 0.392. The van der Waals surface area contributed by atoms with Gasteiger partial charge in [-0.15, -0.1) is 24.0 Å². The Morgan fingerprint density at radius 1 is 1.29 bits per heavy atom. The minimum Gasteiger partial charge on any atom is -0.357 e. The van der Waals surface area contributed by atoms with E-state index in [2.05, 4.69) is 46.5 Å². The summed E-state index contributed by atoms with van der Waals surface area (Å²) in [6.45, 7) is 9.74. The van der Waals surface area contributed by atoms with E-state index in [0.29, 0.717) is 30.2 Å². The second-order valence-electron chi connectivity index (χ2n) is 6.62. The van der Waals surface area contributed by atoms with Gasteiger partial charge in [0.1, 0.15) is 6.54 Å². The predicted molar refractivity (Wildman–Crippen MR) is 108 cm³/mol. The van der Waals surface area contributed by atoms with Gasteiger partial charge in [-0.3, -0.25) is 0 Å². The summed E-state index contributed by atoms with van der Waals surface area (Å²) < 4.78 is 4.98. The van der Waals surface area contributed by atoms with E-state index in [1.54, 1.807) is 6.92 Å². The lowest BCUT2D eigenvalue weighted by atomic mass is 9.78. The van der Waals surface area contributed by atoms with Crippen LogP contribution in [0.2, 0.25) is 0 Å². The van der Waals surface area contributed by atoms with Crippen LogP contribution in [0.1, 0.15) is 64.6 Å². The van der Waals surface area contributed by atoms with Gasteiger partial charge in [0.25, 0.3) is 0 Å². The van der Waals surface area contributed by atoms with E-state index in [4.69, 9.17) is 4.52 Å². The van der Waals surface area contributed by atoms with Crippen LogP contribution in [0.5, 0.6) is 0 Å². The largest absolute Gasteiger partial charge is 0.357 e. The van der Waals surface area contributed by atoms with Gasteiger partial charge < -0.3 is 15.2 Å². The normalized spacial score (nSPS) is 18.6. The van der Waals surface area contributed by atoms with Crippen molar-refractivity contribution in [1.82, 2.24) is 20.8 Å². The molecule has 0 bridgehead atoms. The molecule has 1 fully saturated rings. The molecule has 1 aliphatic rings. The third-order valence-electron chi connectivity index (χ3n) is 4.84. The van der Waals surface area contributed by atoms with Crippen molar-refractivity contribution in [2.24, 2.45) is 16.8 Å². The average molecular weight is 449 g/mol. The molecule has 2 N–H and O–H groups in total. The summed E-state index contributed by atoms with van der Waals surface area (Å²) >= 11 is 0. The Kier molecular flexibility index (Phi) is 9.61. The molecule has 2 atom stereocenters. The highest BCUT2D eigenvalue weighted by Crippen LogP contribution is 2.31. The van der Waals surface area contributed by atoms with Crippen molar-refractivity contribution in [3.05, 3.63) is 11.7 Å². The molecule has 0 spiro atoms. The van der Waals surface area contributed by atoms with Crippen molar-refractivity contribution in [2.75, 3.05) is 6.54 Å². The number of hydrogen-bond donors (Lipinski definition) is 2. The molecule has 1 aromatic heterocycles. The van der Waals surface area contributed by atoms with Crippen molar-refractivity contribution in [3.8, 4) is 0 Å². The monoisotopic (exact) mass is 449 g/mol. The Bertz CT molecular complexity index is 499. The number of rotatable bonds is 6. The zero-order valence-electron chi connectivity index (χ0n) is 15.3. The van der Waals surface area contributed by atoms with E-state index in [-0.39, 0.29) is 24.0 Å². The van der Waals surface area contributed by atoms with E-state index in [9.17, 15) is 0 Å². The summed E-state index contributed by atoms with van der Waals surface area (Å²) in [5.41, 5.74) is 0. The maximum Gasteiger partial charge on any atom is 0.223 e. The zero-order chi connectivity index (χ0) is 16.7. The number of aryl methyl sites for hydroxylation is 1. The first kappa shape index (κ1) is 21.2. The van der Waals surface area contributed by atoms with Gasteiger partial charge in [-0.25, -0.2) is 4.99 Å². The maximum absolute atomic E-state index is 4.98. The summed E-state index contributed by atoms with van der Waals surface area (Å²) in [5, 5.41) is 10.7. The molecule has 1 aromatic rings. The first-order valence-electron chi connectivity index (χ1n) is 8.94. The van der Waals surface area contributed by atoms with Crippen molar-refractivity contribution < 1.29 is 4.52 Å². The SMILES string of the molecule is CCNC(=NCc1noc(C)n1)NC(C)C(C)C1CCCCC1.I. The van der Waals surface area contributed by atoms with Crippen molar-refractivity contribution in [3.63, 3.8) is 0 Å². The van der Waals surface area contributed by atoms with Gasteiger partial charge in [0.05, 0.1) is 0 Å². The van der Waals surface area contributed by atoms with E-state index < -0.39 is 0 Å². The Balaban J connectivity index is 0.00000288. The molecular weight excluding hydrogens is 417 g/mol. The molecule has 0 radical (unpaired) electrons. The highest BCUT2D eigenvalue weighted by atomic mass is 127. The molecule has 1 saturated carbocycles. The van der Waals surface area contributed by atoms with E-state index in [0.717, 1.165) is 18.4 Å². The number of nitrogens with one attached hydrogen (secondary N) is 2. The van der Waals surface area contributed by atoms with Gasteiger partial charge in [0.2, 0.25) is 5.89 Å². The maximum atomic E-state index is 4.98. The zero-order valence-corrected chi connectivity index (χ0v) is 17.7. The summed E-state index contributed by atoms with van der Waals surface area (Å²) in [4.78, 5) is 8.76. The number of halogens is 1. The number of nitrogens with zero attached hydrogens (tertiary/aromatic N) is 3. The van der Waals surface area contributed by atoms with Crippen LogP contribution >= 0.6 is 24.0 Å². The van der Waals surface area contributed by atoms with Crippen LogP contribution in [0.15, 0.2) is 9.52 Å². The lowest BCUT2D eigenvalue weighted by Gasteiger charge is -2.32. The number of aromatic nitrogens is 2. The Labute approximate surface area is 162 Å². The fourth-order valence-corrected chi connectivity index (χ4v) is 3.29. The van der Waals surface area contributed by atoms with E-state index >= 15 is 0 Å². The van der Waals surface area contributed by atoms with E-state index in [1.807, 2.05) is 0 Å². The van der Waals surface area contributed by atoms with Crippen LogP contribution < -0.4 is 10.6 Å². The smallest absolute Gasteiger partial charge is 0.223 e. The fourth-order valence-electron chi connectivity index (χ4n) is 3.29. The highest BCUT2D eigenvalue weighted by molar-refractivity contribution is 14.0. The molecule has 0 amide bonds. The minimum absolute atomic E-state index is 0. The molecule has 6 nitrogen and oxygen atoms in total. The molecule has 0 saturated heterocycles.